The first-order valence-electron chi connectivity index (χ1n) is 21.4. The first kappa shape index (κ1) is 25.5. The van der Waals surface area contributed by atoms with Crippen LogP contribution in [0.2, 0.25) is 0 Å². The van der Waals surface area contributed by atoms with E-state index in [-0.39, 0.29) is 43.7 Å². The SMILES string of the molecule is [2H]c1c([2H])c([2H])c2c(c1[2H])c(=O)c([2H])c(SCc1cccc(F)c1F)n2C([2H])([2H])C(=O)N(C1CCN(C([2H])([2H])COC)CC1)C([2H])([2H])c1ccc(-c2ccc(C(F)(F)F)cc2)cc1. The second-order valence-corrected chi connectivity index (χ2v) is 12.6. The Labute approximate surface area is 318 Å². The van der Waals surface area contributed by atoms with Crippen LogP contribution >= 0.6 is 11.8 Å². The van der Waals surface area contributed by atoms with Crippen LogP contribution in [0.4, 0.5) is 22.0 Å². The number of pyridine rings is 1. The summed E-state index contributed by atoms with van der Waals surface area (Å²) in [5.74, 6) is -4.79. The van der Waals surface area contributed by atoms with E-state index < -0.39 is 112 Å². The summed E-state index contributed by atoms with van der Waals surface area (Å²) in [7, 11) is 1.30. The molecule has 0 atom stereocenters. The lowest BCUT2D eigenvalue weighted by molar-refractivity contribution is -0.137. The molecule has 1 fully saturated rings. The Bertz CT molecular complexity index is 2610. The molecule has 12 heteroatoms. The van der Waals surface area contributed by atoms with Gasteiger partial charge in [-0.15, -0.1) is 11.8 Å². The zero-order chi connectivity index (χ0) is 46.6. The Morgan fingerprint density at radius 2 is 1.67 bits per heavy atom. The van der Waals surface area contributed by atoms with E-state index in [1.54, 1.807) is 0 Å². The van der Waals surface area contributed by atoms with Gasteiger partial charge in [0.25, 0.3) is 0 Å². The molecule has 1 aliphatic heterocycles. The van der Waals surface area contributed by atoms with E-state index in [0.29, 0.717) is 32.4 Å². The summed E-state index contributed by atoms with van der Waals surface area (Å²) in [6.45, 7) is -9.07. The number of benzene rings is 4. The monoisotopic (exact) mass is 746 g/mol. The molecular weight excluding hydrogens is 698 g/mol. The molecule has 6 nitrogen and oxygen atoms in total. The van der Waals surface area contributed by atoms with Gasteiger partial charge in [0, 0.05) is 64.7 Å². The molecule has 1 aromatic heterocycles. The zero-order valence-electron chi connectivity index (χ0n) is 38.5. The molecule has 0 unspecified atom stereocenters. The third kappa shape index (κ3) is 8.74. The fourth-order valence-corrected chi connectivity index (χ4v) is 6.54. The summed E-state index contributed by atoms with van der Waals surface area (Å²) >= 11 is 0.397. The summed E-state index contributed by atoms with van der Waals surface area (Å²) in [6.07, 6.45) is -4.86. The van der Waals surface area contributed by atoms with E-state index in [4.69, 9.17) is 14.3 Å². The fourth-order valence-electron chi connectivity index (χ4n) is 5.59. The molecule has 1 saturated heterocycles. The van der Waals surface area contributed by atoms with Crippen molar-refractivity contribution >= 4 is 28.6 Å². The van der Waals surface area contributed by atoms with E-state index in [2.05, 4.69) is 0 Å². The zero-order valence-corrected chi connectivity index (χ0v) is 28.4. The van der Waals surface area contributed by atoms with Crippen LogP contribution in [0, 0.1) is 11.6 Å². The number of ether oxygens (including phenoxy) is 1. The number of piperidine rings is 1. The number of likely N-dealkylation sites (tertiary alicyclic amines) is 1. The predicted molar refractivity (Wildman–Crippen MR) is 193 cm³/mol. The van der Waals surface area contributed by atoms with Crippen LogP contribution in [-0.2, 0) is 34.5 Å². The normalized spacial score (nSPS) is 18.1. The number of aromatic nitrogens is 1. The highest BCUT2D eigenvalue weighted by atomic mass is 32.2. The Morgan fingerprint density at radius 3 is 2.35 bits per heavy atom. The van der Waals surface area contributed by atoms with Crippen molar-refractivity contribution in [2.45, 2.75) is 48.8 Å². The third-order valence-corrected chi connectivity index (χ3v) is 9.32. The number of carbonyl (C=O) groups is 1. The number of para-hydroxylation sites is 1. The molecule has 0 aliphatic carbocycles. The van der Waals surface area contributed by atoms with Crippen molar-refractivity contribution in [2.24, 2.45) is 0 Å². The van der Waals surface area contributed by atoms with Crippen LogP contribution in [0.1, 0.15) is 44.6 Å². The standard InChI is InChI=1S/C40H38F5N3O3S/c1-51-22-21-46-19-17-32(18-20-46)47(24-27-9-11-28(12-10-27)29-13-15-31(16-14-29)40(43,44)45)37(50)25-48-35-8-3-2-6-33(35)36(49)23-38(48)52-26-30-5-4-7-34(41)39(30)42/h2-16,23,32H,17-22,24-26H2,1H3/i2D,3D,6D,8D,21D2,23D,24D2,25D2. The lowest BCUT2D eigenvalue weighted by Crippen LogP contribution is -2.48. The minimum Gasteiger partial charge on any atom is -0.383 e. The van der Waals surface area contributed by atoms with Crippen molar-refractivity contribution in [1.29, 1.82) is 0 Å². The Morgan fingerprint density at radius 1 is 1.00 bits per heavy atom. The number of halogens is 5. The predicted octanol–water partition coefficient (Wildman–Crippen LogP) is 8.40. The third-order valence-electron chi connectivity index (χ3n) is 8.31. The molecule has 5 aromatic rings. The van der Waals surface area contributed by atoms with Gasteiger partial charge in [-0.25, -0.2) is 8.78 Å². The Hall–Kier alpha value is -4.52. The van der Waals surface area contributed by atoms with Crippen LogP contribution in [0.15, 0.2) is 107 Å². The highest BCUT2D eigenvalue weighted by Crippen LogP contribution is 2.32. The van der Waals surface area contributed by atoms with Crippen molar-refractivity contribution in [2.75, 3.05) is 33.3 Å². The number of methoxy groups -OCH3 is 1. The average Bonchev–Trinajstić information content (AvgIpc) is 3.23. The second-order valence-electron chi connectivity index (χ2n) is 11.7. The molecular formula is C40H38F5N3O3S. The number of nitrogens with zero attached hydrogens (tertiary/aromatic N) is 3. The Kier molecular flexibility index (Phi) is 8.05. The number of carbonyl (C=O) groups excluding carboxylic acids is 1. The van der Waals surface area contributed by atoms with E-state index >= 15 is 4.79 Å². The van der Waals surface area contributed by atoms with Crippen molar-refractivity contribution < 1.29 is 46.6 Å². The quantitative estimate of drug-likeness (QED) is 0.0949. The molecule has 2 heterocycles. The number of hydrogen-bond donors (Lipinski definition) is 0. The van der Waals surface area contributed by atoms with Crippen molar-refractivity contribution in [3.63, 3.8) is 0 Å². The van der Waals surface area contributed by atoms with E-state index in [1.807, 2.05) is 0 Å². The molecule has 1 aliphatic rings. The summed E-state index contributed by atoms with van der Waals surface area (Å²) in [4.78, 5) is 31.0. The first-order chi connectivity index (χ1) is 29.4. The van der Waals surface area contributed by atoms with Gasteiger partial charge < -0.3 is 19.1 Å². The van der Waals surface area contributed by atoms with Gasteiger partial charge in [0.2, 0.25) is 5.91 Å². The summed E-state index contributed by atoms with van der Waals surface area (Å²) < 4.78 is 172. The van der Waals surface area contributed by atoms with Crippen LogP contribution in [0.5, 0.6) is 0 Å². The van der Waals surface area contributed by atoms with Gasteiger partial charge in [-0.2, -0.15) is 13.2 Å². The molecule has 0 saturated carbocycles. The molecule has 0 spiro atoms. The number of amides is 1. The fraction of sp³-hybridized carbons (Fsp3) is 0.300. The van der Waals surface area contributed by atoms with Crippen LogP contribution in [0.3, 0.4) is 0 Å². The number of fused-ring (bicyclic) bond motifs is 1. The number of alkyl halides is 3. The van der Waals surface area contributed by atoms with Gasteiger partial charge in [0.1, 0.15) is 6.50 Å². The first-order valence-corrected chi connectivity index (χ1v) is 16.9. The van der Waals surface area contributed by atoms with E-state index in [9.17, 15) is 32.2 Å². The van der Waals surface area contributed by atoms with Crippen molar-refractivity contribution in [3.8, 4) is 11.1 Å². The highest BCUT2D eigenvalue weighted by molar-refractivity contribution is 7.98. The van der Waals surface area contributed by atoms with Crippen LogP contribution in [0.25, 0.3) is 22.0 Å². The van der Waals surface area contributed by atoms with Crippen LogP contribution in [-0.4, -0.2) is 59.6 Å². The maximum Gasteiger partial charge on any atom is 0.416 e. The number of hydrogen-bond acceptors (Lipinski definition) is 5. The molecule has 272 valence electrons. The molecule has 0 bridgehead atoms. The van der Waals surface area contributed by atoms with Gasteiger partial charge >= 0.3 is 6.18 Å². The molecule has 0 radical (unpaired) electrons. The van der Waals surface area contributed by atoms with Crippen molar-refractivity contribution in [1.82, 2.24) is 14.4 Å². The minimum absolute atomic E-state index is 0.0809. The molecule has 1 amide bonds. The largest absolute Gasteiger partial charge is 0.416 e. The van der Waals surface area contributed by atoms with Gasteiger partial charge in [0.15, 0.2) is 17.1 Å². The molecule has 4 aromatic carbocycles. The highest BCUT2D eigenvalue weighted by Gasteiger charge is 2.31. The van der Waals surface area contributed by atoms with Crippen molar-refractivity contribution in [3.05, 3.63) is 135 Å². The minimum atomic E-state index is -4.59. The maximum atomic E-state index is 15.2. The molecule has 6 rings (SSSR count). The topological polar surface area (TPSA) is 54.8 Å². The van der Waals surface area contributed by atoms with E-state index in [0.717, 1.165) is 18.2 Å². The van der Waals surface area contributed by atoms with Gasteiger partial charge in [-0.1, -0.05) is 60.6 Å². The smallest absolute Gasteiger partial charge is 0.383 e. The lowest BCUT2D eigenvalue weighted by Gasteiger charge is -2.39. The Balaban J connectivity index is 1.52. The average molecular weight is 747 g/mol. The molecule has 52 heavy (non-hydrogen) atoms. The number of thioether (sulfide) groups is 1. The molecule has 0 N–H and O–H groups in total. The number of rotatable bonds is 12. The van der Waals surface area contributed by atoms with E-state index in [1.165, 1.54) is 60.5 Å². The van der Waals surface area contributed by atoms with Gasteiger partial charge in [-0.05, 0) is 59.8 Å². The van der Waals surface area contributed by atoms with Gasteiger partial charge in [-0.3, -0.25) is 9.59 Å². The maximum absolute atomic E-state index is 15.2. The summed E-state index contributed by atoms with van der Waals surface area (Å²) in [5, 5.41) is -1.60. The van der Waals surface area contributed by atoms with Gasteiger partial charge in [0.05, 0.1) is 35.0 Å². The summed E-state index contributed by atoms with van der Waals surface area (Å²) in [6, 6.07) is 6.53. The lowest BCUT2D eigenvalue weighted by atomic mass is 10.00. The second kappa shape index (κ2) is 16.4. The van der Waals surface area contributed by atoms with Crippen LogP contribution < -0.4 is 5.43 Å². The summed E-state index contributed by atoms with van der Waals surface area (Å²) in [5.41, 5.74) is -2.90.